The number of rotatable bonds is 6. The summed E-state index contributed by atoms with van der Waals surface area (Å²) in [5.41, 5.74) is 11.8. The van der Waals surface area contributed by atoms with Crippen molar-refractivity contribution in [1.29, 1.82) is 0 Å². The number of nitrogens with zero attached hydrogens (tertiary/aromatic N) is 4. The molecule has 0 saturated heterocycles. The fraction of sp³-hybridized carbons (Fsp3) is 0.0930. The Bertz CT molecular complexity index is 2030. The van der Waals surface area contributed by atoms with Gasteiger partial charge in [-0.15, -0.1) is 0 Å². The van der Waals surface area contributed by atoms with Gasteiger partial charge in [0.15, 0.2) is 17.5 Å². The van der Waals surface area contributed by atoms with E-state index in [1.165, 1.54) is 27.9 Å². The van der Waals surface area contributed by atoms with Gasteiger partial charge in [0.2, 0.25) is 0 Å². The van der Waals surface area contributed by atoms with Crippen LogP contribution >= 0.6 is 0 Å². The van der Waals surface area contributed by atoms with Gasteiger partial charge in [-0.1, -0.05) is 121 Å². The van der Waals surface area contributed by atoms with Crippen LogP contribution in [0.4, 0.5) is 17.1 Å². The van der Waals surface area contributed by atoms with Crippen molar-refractivity contribution in [2.24, 2.45) is 0 Å². The van der Waals surface area contributed by atoms with Crippen LogP contribution in [0.5, 0.6) is 0 Å². The summed E-state index contributed by atoms with van der Waals surface area (Å²) in [5, 5.41) is 0. The number of para-hydroxylation sites is 2. The van der Waals surface area contributed by atoms with Crippen LogP contribution in [0.15, 0.2) is 158 Å². The summed E-state index contributed by atoms with van der Waals surface area (Å²) in [6, 6.07) is 55.7. The molecular formula is C43H34N4. The Balaban J connectivity index is 1.21. The van der Waals surface area contributed by atoms with Crippen LogP contribution in [-0.4, -0.2) is 15.0 Å². The molecule has 0 N–H and O–H groups in total. The first kappa shape index (κ1) is 28.6. The predicted octanol–water partition coefficient (Wildman–Crippen LogP) is 10.2. The molecule has 0 spiro atoms. The minimum Gasteiger partial charge on any atom is -0.310 e. The maximum atomic E-state index is 5.09. The van der Waals surface area contributed by atoms with Crippen LogP contribution in [0.25, 0.3) is 34.2 Å². The van der Waals surface area contributed by atoms with E-state index in [-0.39, 0.29) is 0 Å². The summed E-state index contributed by atoms with van der Waals surface area (Å²) in [6.07, 6.45) is 3.59. The second-order valence-electron chi connectivity index (χ2n) is 12.0. The molecule has 4 nitrogen and oxygen atoms in total. The third kappa shape index (κ3) is 6.06. The van der Waals surface area contributed by atoms with Gasteiger partial charge in [-0.2, -0.15) is 0 Å². The summed E-state index contributed by atoms with van der Waals surface area (Å²) >= 11 is 0. The van der Waals surface area contributed by atoms with Crippen molar-refractivity contribution in [2.75, 3.05) is 4.90 Å². The normalized spacial score (nSPS) is 12.3. The van der Waals surface area contributed by atoms with Gasteiger partial charge in [0.25, 0.3) is 0 Å². The zero-order chi connectivity index (χ0) is 31.4. The molecular weight excluding hydrogens is 573 g/mol. The third-order valence-electron chi connectivity index (χ3n) is 8.90. The van der Waals surface area contributed by atoms with Gasteiger partial charge in [0.1, 0.15) is 0 Å². The fourth-order valence-corrected chi connectivity index (χ4v) is 6.46. The first-order valence-corrected chi connectivity index (χ1v) is 16.3. The van der Waals surface area contributed by atoms with E-state index in [2.05, 4.69) is 126 Å². The average Bonchev–Trinajstić information content (AvgIpc) is 3.14. The second-order valence-corrected chi connectivity index (χ2v) is 12.0. The third-order valence-corrected chi connectivity index (χ3v) is 8.90. The van der Waals surface area contributed by atoms with Gasteiger partial charge in [0.05, 0.1) is 0 Å². The molecule has 4 aliphatic carbocycles. The highest BCUT2D eigenvalue weighted by atomic mass is 15.1. The van der Waals surface area contributed by atoms with E-state index in [1.54, 1.807) is 0 Å². The highest BCUT2D eigenvalue weighted by Crippen LogP contribution is 2.38. The number of benzene rings is 6. The molecule has 7 aromatic rings. The Morgan fingerprint density at radius 2 is 0.830 bits per heavy atom. The molecule has 4 aliphatic rings. The highest BCUT2D eigenvalue weighted by Gasteiger charge is 2.20. The monoisotopic (exact) mass is 606 g/mol. The Labute approximate surface area is 276 Å². The van der Waals surface area contributed by atoms with E-state index in [0.29, 0.717) is 11.6 Å². The molecule has 0 saturated carbocycles. The number of hydrogen-bond donors (Lipinski definition) is 0. The van der Waals surface area contributed by atoms with Crippen molar-refractivity contribution in [3.8, 4) is 34.2 Å². The van der Waals surface area contributed by atoms with Gasteiger partial charge < -0.3 is 4.90 Å². The molecule has 0 unspecified atom stereocenters. The molecule has 0 atom stereocenters. The predicted molar refractivity (Wildman–Crippen MR) is 192 cm³/mol. The lowest BCUT2D eigenvalue weighted by atomic mass is 9.91. The van der Waals surface area contributed by atoms with E-state index in [1.807, 2.05) is 36.4 Å². The highest BCUT2D eigenvalue weighted by molar-refractivity contribution is 5.79. The maximum absolute atomic E-state index is 5.09. The van der Waals surface area contributed by atoms with E-state index >= 15 is 0 Å². The van der Waals surface area contributed by atoms with Crippen molar-refractivity contribution in [1.82, 2.24) is 15.0 Å². The number of aromatic nitrogens is 3. The minimum atomic E-state index is 0.688. The topological polar surface area (TPSA) is 41.9 Å². The summed E-state index contributed by atoms with van der Waals surface area (Å²) in [7, 11) is 0. The minimum absolute atomic E-state index is 0.688. The van der Waals surface area contributed by atoms with Gasteiger partial charge in [-0.3, -0.25) is 0 Å². The van der Waals surface area contributed by atoms with Crippen molar-refractivity contribution in [2.45, 2.75) is 25.7 Å². The van der Waals surface area contributed by atoms with Gasteiger partial charge >= 0.3 is 0 Å². The van der Waals surface area contributed by atoms with E-state index in [4.69, 9.17) is 15.0 Å². The molecule has 0 radical (unpaired) electrons. The smallest absolute Gasteiger partial charge is 0.164 e. The SMILES string of the molecule is c1ccc(-c2nc(-c3ccccc3)nc(-c3cc4ccc3CCc3ccc(c(N(c5ccccc5)c5ccccc5)c3)CC4)n2)cc1. The maximum Gasteiger partial charge on any atom is 0.164 e. The molecule has 226 valence electrons. The second kappa shape index (κ2) is 12.9. The molecule has 0 fully saturated rings. The van der Waals surface area contributed by atoms with Crippen LogP contribution in [0.1, 0.15) is 22.3 Å². The van der Waals surface area contributed by atoms with Crippen molar-refractivity contribution < 1.29 is 0 Å². The first-order valence-electron chi connectivity index (χ1n) is 16.3. The average molecular weight is 607 g/mol. The van der Waals surface area contributed by atoms with E-state index in [0.717, 1.165) is 59.6 Å². The lowest BCUT2D eigenvalue weighted by Gasteiger charge is -2.28. The molecule has 4 heteroatoms. The van der Waals surface area contributed by atoms with Crippen LogP contribution in [-0.2, 0) is 25.7 Å². The summed E-state index contributed by atoms with van der Waals surface area (Å²) in [6.45, 7) is 0. The summed E-state index contributed by atoms with van der Waals surface area (Å²) in [4.78, 5) is 17.5. The zero-order valence-electron chi connectivity index (χ0n) is 26.1. The number of aryl methyl sites for hydroxylation is 4. The molecule has 1 heterocycles. The van der Waals surface area contributed by atoms with Crippen LogP contribution in [0, 0.1) is 0 Å². The Morgan fingerprint density at radius 3 is 1.38 bits per heavy atom. The molecule has 0 amide bonds. The van der Waals surface area contributed by atoms with Gasteiger partial charge in [-0.25, -0.2) is 15.0 Å². The Hall–Kier alpha value is -5.87. The van der Waals surface area contributed by atoms with Gasteiger partial charge in [0, 0.05) is 33.8 Å². The lowest BCUT2D eigenvalue weighted by molar-refractivity contribution is 0.916. The van der Waals surface area contributed by atoms with Crippen LogP contribution in [0.3, 0.4) is 0 Å². The number of anilines is 3. The summed E-state index contributed by atoms with van der Waals surface area (Å²) < 4.78 is 0. The molecule has 6 aromatic carbocycles. The van der Waals surface area contributed by atoms with E-state index < -0.39 is 0 Å². The molecule has 4 bridgehead atoms. The molecule has 1 aromatic heterocycles. The van der Waals surface area contributed by atoms with Crippen molar-refractivity contribution in [3.05, 3.63) is 180 Å². The van der Waals surface area contributed by atoms with Gasteiger partial charge in [-0.05, 0) is 84.3 Å². The summed E-state index contributed by atoms with van der Waals surface area (Å²) in [5.74, 6) is 2.10. The Morgan fingerprint density at radius 1 is 0.383 bits per heavy atom. The van der Waals surface area contributed by atoms with Crippen molar-refractivity contribution >= 4 is 17.1 Å². The fourth-order valence-electron chi connectivity index (χ4n) is 6.46. The zero-order valence-corrected chi connectivity index (χ0v) is 26.1. The molecule has 0 aliphatic heterocycles. The van der Waals surface area contributed by atoms with Crippen LogP contribution in [0.2, 0.25) is 0 Å². The lowest BCUT2D eigenvalue weighted by Crippen LogP contribution is -2.13. The quantitative estimate of drug-likeness (QED) is 0.189. The largest absolute Gasteiger partial charge is 0.310 e. The molecule has 47 heavy (non-hydrogen) atoms. The van der Waals surface area contributed by atoms with Crippen molar-refractivity contribution in [3.63, 3.8) is 0 Å². The number of hydrogen-bond acceptors (Lipinski definition) is 4. The molecule has 11 rings (SSSR count). The standard InChI is InChI=1S/C43H34N4/c1-5-13-35(14-6-1)41-44-42(36-15-7-2-8-16-36)46-43(45-41)39-29-31-21-25-33(39)26-22-32-24-28-34(27-23-31)40(30-32)47(37-17-9-3-10-18-37)38-19-11-4-12-20-38/h1-21,24-25,28-30H,22-23,26-27H2. The van der Waals surface area contributed by atoms with E-state index in [9.17, 15) is 0 Å². The van der Waals surface area contributed by atoms with Crippen LogP contribution < -0.4 is 4.90 Å². The Kier molecular flexibility index (Phi) is 7.82. The first-order chi connectivity index (χ1) is 23.3.